The molecular formula is C16H17N7O3S3. The molecule has 0 atom stereocenters. The highest BCUT2D eigenvalue weighted by molar-refractivity contribution is 7.93. The van der Waals surface area contributed by atoms with E-state index in [-0.39, 0.29) is 20.8 Å². The van der Waals surface area contributed by atoms with Crippen molar-refractivity contribution in [3.8, 4) is 0 Å². The second-order valence-corrected chi connectivity index (χ2v) is 8.92. The van der Waals surface area contributed by atoms with Gasteiger partial charge in [-0.25, -0.2) is 8.42 Å². The summed E-state index contributed by atoms with van der Waals surface area (Å²) in [5.74, 6) is -0.449. The van der Waals surface area contributed by atoms with Crippen LogP contribution >= 0.6 is 23.6 Å². The molecule has 0 fully saturated rings. The molecule has 3 aromatic rings. The number of aryl methyl sites for hydroxylation is 2. The van der Waals surface area contributed by atoms with E-state index in [9.17, 15) is 13.2 Å². The van der Waals surface area contributed by atoms with Gasteiger partial charge in [0, 0.05) is 18.9 Å². The number of carbonyl (C=O) groups excluding carboxylic acids is 1. The minimum Gasteiger partial charge on any atom is -0.332 e. The lowest BCUT2D eigenvalue weighted by atomic mass is 10.3. The van der Waals surface area contributed by atoms with Gasteiger partial charge in [-0.3, -0.25) is 19.5 Å². The molecule has 0 unspecified atom stereocenters. The van der Waals surface area contributed by atoms with Crippen molar-refractivity contribution < 1.29 is 13.2 Å². The Bertz CT molecular complexity index is 1140. The van der Waals surface area contributed by atoms with E-state index in [1.807, 2.05) is 6.92 Å². The fourth-order valence-corrected chi connectivity index (χ4v) is 4.31. The summed E-state index contributed by atoms with van der Waals surface area (Å²) in [6, 6.07) is 7.45. The topological polar surface area (TPSA) is 131 Å². The van der Waals surface area contributed by atoms with Crippen LogP contribution in [0.1, 0.15) is 22.4 Å². The van der Waals surface area contributed by atoms with Gasteiger partial charge >= 0.3 is 0 Å². The normalized spacial score (nSPS) is 11.1. The number of amides is 1. The number of nitrogens with zero attached hydrogens (tertiary/aromatic N) is 4. The predicted molar refractivity (Wildman–Crippen MR) is 113 cm³/mol. The Hall–Kier alpha value is -2.90. The molecule has 152 valence electrons. The van der Waals surface area contributed by atoms with E-state index >= 15 is 0 Å². The van der Waals surface area contributed by atoms with Gasteiger partial charge in [-0.2, -0.15) is 5.10 Å². The number of hydrogen-bond acceptors (Lipinski definition) is 8. The van der Waals surface area contributed by atoms with Crippen LogP contribution in [-0.4, -0.2) is 39.4 Å². The van der Waals surface area contributed by atoms with Gasteiger partial charge in [-0.15, -0.1) is 10.2 Å². The van der Waals surface area contributed by atoms with Crippen LogP contribution in [0, 0.1) is 0 Å². The lowest BCUT2D eigenvalue weighted by Gasteiger charge is -2.10. The molecule has 0 bridgehead atoms. The fourth-order valence-electron chi connectivity index (χ4n) is 2.19. The molecule has 1 aromatic carbocycles. The molecule has 2 heterocycles. The van der Waals surface area contributed by atoms with Crippen molar-refractivity contribution in [2.75, 3.05) is 10.0 Å². The monoisotopic (exact) mass is 451 g/mol. The van der Waals surface area contributed by atoms with E-state index in [0.29, 0.717) is 12.1 Å². The van der Waals surface area contributed by atoms with E-state index in [0.717, 1.165) is 5.01 Å². The molecule has 13 heteroatoms. The Labute approximate surface area is 176 Å². The standard InChI is InChI=1S/C16H17N7O3S3/c1-3-13-19-20-16(28-13)22-29(25,26)11-6-4-10(5-7-11)17-15(27)18-14(24)12-8-9-23(2)21-12/h4-9H,3H2,1-2H3,(H,20,22)(H2,17,18,24,27). The lowest BCUT2D eigenvalue weighted by Crippen LogP contribution is -2.34. The first-order chi connectivity index (χ1) is 13.8. The average Bonchev–Trinajstić information content (AvgIpc) is 3.30. The van der Waals surface area contributed by atoms with Crippen molar-refractivity contribution >= 4 is 55.4 Å². The average molecular weight is 452 g/mol. The van der Waals surface area contributed by atoms with Gasteiger partial charge in [-0.1, -0.05) is 18.3 Å². The molecule has 0 saturated heterocycles. The molecule has 1 amide bonds. The van der Waals surface area contributed by atoms with Gasteiger partial charge in [0.1, 0.15) is 5.01 Å². The van der Waals surface area contributed by atoms with Crippen molar-refractivity contribution in [1.29, 1.82) is 0 Å². The zero-order valence-corrected chi connectivity index (χ0v) is 17.9. The maximum atomic E-state index is 12.5. The van der Waals surface area contributed by atoms with Crippen LogP contribution in [0.2, 0.25) is 0 Å². The number of thiocarbonyl (C=S) groups is 1. The summed E-state index contributed by atoms with van der Waals surface area (Å²) in [7, 11) is -2.09. The summed E-state index contributed by atoms with van der Waals surface area (Å²) in [5, 5.41) is 18.0. The Morgan fingerprint density at radius 1 is 1.21 bits per heavy atom. The van der Waals surface area contributed by atoms with Gasteiger partial charge in [0.2, 0.25) is 5.13 Å². The molecule has 2 aromatic heterocycles. The van der Waals surface area contributed by atoms with Crippen LogP contribution in [-0.2, 0) is 23.5 Å². The van der Waals surface area contributed by atoms with Crippen LogP contribution in [0.25, 0.3) is 0 Å². The number of nitrogens with one attached hydrogen (secondary N) is 3. The number of hydrogen-bond donors (Lipinski definition) is 3. The van der Waals surface area contributed by atoms with E-state index in [1.54, 1.807) is 19.3 Å². The molecule has 3 N–H and O–H groups in total. The van der Waals surface area contributed by atoms with Crippen molar-refractivity contribution in [1.82, 2.24) is 25.3 Å². The molecule has 0 radical (unpaired) electrons. The highest BCUT2D eigenvalue weighted by Crippen LogP contribution is 2.21. The Balaban J connectivity index is 1.61. The predicted octanol–water partition coefficient (Wildman–Crippen LogP) is 1.76. The summed E-state index contributed by atoms with van der Waals surface area (Å²) < 4.78 is 28.8. The minimum absolute atomic E-state index is 0.0553. The zero-order chi connectivity index (χ0) is 21.0. The van der Waals surface area contributed by atoms with Crippen molar-refractivity contribution in [2.45, 2.75) is 18.2 Å². The quantitative estimate of drug-likeness (QED) is 0.483. The molecule has 0 aliphatic heterocycles. The number of sulfonamides is 1. The second kappa shape index (κ2) is 8.63. The third kappa shape index (κ3) is 5.34. The molecule has 0 spiro atoms. The molecule has 0 aliphatic carbocycles. The number of rotatable bonds is 6. The Kier molecular flexibility index (Phi) is 6.20. The van der Waals surface area contributed by atoms with Gasteiger partial charge in [0.15, 0.2) is 10.8 Å². The second-order valence-electron chi connectivity index (χ2n) is 5.77. The summed E-state index contributed by atoms with van der Waals surface area (Å²) in [4.78, 5) is 12.1. The van der Waals surface area contributed by atoms with Crippen LogP contribution in [0.15, 0.2) is 41.4 Å². The first-order valence-corrected chi connectivity index (χ1v) is 11.0. The van der Waals surface area contributed by atoms with E-state index < -0.39 is 15.9 Å². The number of aromatic nitrogens is 4. The highest BCUT2D eigenvalue weighted by Gasteiger charge is 2.17. The summed E-state index contributed by atoms with van der Waals surface area (Å²) in [5.41, 5.74) is 0.742. The van der Waals surface area contributed by atoms with Gasteiger partial charge in [0.25, 0.3) is 15.9 Å². The molecule has 0 aliphatic rings. The van der Waals surface area contributed by atoms with Gasteiger partial charge in [-0.05, 0) is 49.0 Å². The van der Waals surface area contributed by atoms with Crippen molar-refractivity contribution in [3.63, 3.8) is 0 Å². The third-order valence-electron chi connectivity index (χ3n) is 3.59. The SMILES string of the molecule is CCc1nnc(NS(=O)(=O)c2ccc(NC(=S)NC(=O)c3ccn(C)n3)cc2)s1. The smallest absolute Gasteiger partial charge is 0.277 e. The largest absolute Gasteiger partial charge is 0.332 e. The van der Waals surface area contributed by atoms with E-state index in [2.05, 4.69) is 30.7 Å². The van der Waals surface area contributed by atoms with Crippen LogP contribution < -0.4 is 15.4 Å². The molecule has 10 nitrogen and oxygen atoms in total. The molecule has 29 heavy (non-hydrogen) atoms. The maximum Gasteiger partial charge on any atom is 0.277 e. The Morgan fingerprint density at radius 3 is 2.52 bits per heavy atom. The van der Waals surface area contributed by atoms with Crippen LogP contribution in [0.5, 0.6) is 0 Å². The summed E-state index contributed by atoms with van der Waals surface area (Å²) in [6.07, 6.45) is 2.32. The zero-order valence-electron chi connectivity index (χ0n) is 15.4. The Morgan fingerprint density at radius 2 is 1.93 bits per heavy atom. The first kappa shape index (κ1) is 20.8. The number of anilines is 2. The van der Waals surface area contributed by atoms with Crippen LogP contribution in [0.3, 0.4) is 0 Å². The maximum absolute atomic E-state index is 12.5. The summed E-state index contributed by atoms with van der Waals surface area (Å²) in [6.45, 7) is 1.91. The molecule has 0 saturated carbocycles. The van der Waals surface area contributed by atoms with Gasteiger partial charge in [0.05, 0.1) is 4.90 Å². The van der Waals surface area contributed by atoms with Crippen molar-refractivity contribution in [3.05, 3.63) is 47.2 Å². The van der Waals surface area contributed by atoms with E-state index in [1.165, 1.54) is 40.3 Å². The highest BCUT2D eigenvalue weighted by atomic mass is 32.2. The lowest BCUT2D eigenvalue weighted by molar-refractivity contribution is 0.0972. The molecular weight excluding hydrogens is 434 g/mol. The minimum atomic E-state index is -3.79. The van der Waals surface area contributed by atoms with Crippen molar-refractivity contribution in [2.24, 2.45) is 7.05 Å². The van der Waals surface area contributed by atoms with Crippen LogP contribution in [0.4, 0.5) is 10.8 Å². The first-order valence-electron chi connectivity index (χ1n) is 8.34. The summed E-state index contributed by atoms with van der Waals surface area (Å²) >= 11 is 6.29. The molecule has 3 rings (SSSR count). The fraction of sp³-hybridized carbons (Fsp3) is 0.188. The van der Waals surface area contributed by atoms with E-state index in [4.69, 9.17) is 12.2 Å². The number of benzene rings is 1. The number of carbonyl (C=O) groups is 1. The van der Waals surface area contributed by atoms with Gasteiger partial charge < -0.3 is 5.32 Å². The third-order valence-corrected chi connectivity index (χ3v) is 6.26.